The van der Waals surface area contributed by atoms with Crippen LogP contribution in [0.1, 0.15) is 38.7 Å². The number of likely N-dealkylation sites (N-methyl/N-ethyl adjacent to an activating group) is 1. The molecule has 1 aromatic rings. The van der Waals surface area contributed by atoms with Crippen molar-refractivity contribution in [1.82, 2.24) is 14.1 Å². The zero-order valence-electron chi connectivity index (χ0n) is 16.5. The average Bonchev–Trinajstić information content (AvgIpc) is 2.66. The molecular formula is C19H31N3O3S. The number of hydrogen-bond acceptors (Lipinski definition) is 4. The molecule has 1 saturated heterocycles. The Bertz CT molecular complexity index is 708. The van der Waals surface area contributed by atoms with Crippen molar-refractivity contribution in [3.05, 3.63) is 29.8 Å². The molecule has 2 rings (SSSR count). The summed E-state index contributed by atoms with van der Waals surface area (Å²) < 4.78 is 27.3. The van der Waals surface area contributed by atoms with Crippen molar-refractivity contribution in [3.8, 4) is 0 Å². The van der Waals surface area contributed by atoms with Crippen LogP contribution in [-0.2, 0) is 14.8 Å². The first-order chi connectivity index (χ1) is 12.2. The van der Waals surface area contributed by atoms with Gasteiger partial charge in [-0.25, -0.2) is 8.42 Å². The van der Waals surface area contributed by atoms with E-state index in [1.54, 1.807) is 31.1 Å². The molecule has 0 unspecified atom stereocenters. The minimum atomic E-state index is -3.49. The topological polar surface area (TPSA) is 60.9 Å². The van der Waals surface area contributed by atoms with E-state index in [4.69, 9.17) is 0 Å². The molecule has 26 heavy (non-hydrogen) atoms. The Morgan fingerprint density at radius 3 is 2.08 bits per heavy atom. The van der Waals surface area contributed by atoms with Gasteiger partial charge >= 0.3 is 0 Å². The molecule has 0 aromatic heterocycles. The second kappa shape index (κ2) is 8.50. The third-order valence-electron chi connectivity index (χ3n) is 5.32. The van der Waals surface area contributed by atoms with Crippen LogP contribution in [0.25, 0.3) is 0 Å². The molecule has 1 amide bonds. The van der Waals surface area contributed by atoms with Gasteiger partial charge < -0.3 is 4.90 Å². The highest BCUT2D eigenvalue weighted by Gasteiger charge is 2.32. The zero-order valence-corrected chi connectivity index (χ0v) is 17.3. The van der Waals surface area contributed by atoms with Gasteiger partial charge in [0.25, 0.3) is 0 Å². The smallest absolute Gasteiger partial charge is 0.243 e. The van der Waals surface area contributed by atoms with Crippen molar-refractivity contribution < 1.29 is 13.2 Å². The maximum atomic E-state index is 12.9. The van der Waals surface area contributed by atoms with Crippen LogP contribution in [0.2, 0.25) is 0 Å². The molecule has 0 saturated carbocycles. The Morgan fingerprint density at radius 1 is 1.08 bits per heavy atom. The van der Waals surface area contributed by atoms with E-state index >= 15 is 0 Å². The lowest BCUT2D eigenvalue weighted by Gasteiger charge is -2.37. The predicted molar refractivity (Wildman–Crippen MR) is 104 cm³/mol. The van der Waals surface area contributed by atoms with Crippen molar-refractivity contribution in [2.24, 2.45) is 0 Å². The first-order valence-corrected chi connectivity index (χ1v) is 10.7. The van der Waals surface area contributed by atoms with Gasteiger partial charge in [-0.3, -0.25) is 9.69 Å². The van der Waals surface area contributed by atoms with E-state index in [1.807, 2.05) is 24.0 Å². The van der Waals surface area contributed by atoms with Gasteiger partial charge in [-0.2, -0.15) is 4.31 Å². The fraction of sp³-hybridized carbons (Fsp3) is 0.632. The van der Waals surface area contributed by atoms with Gasteiger partial charge in [0.2, 0.25) is 15.9 Å². The monoisotopic (exact) mass is 381 g/mol. The number of sulfonamides is 1. The summed E-state index contributed by atoms with van der Waals surface area (Å²) in [6.07, 6.45) is 1.03. The van der Waals surface area contributed by atoms with E-state index in [1.165, 1.54) is 4.31 Å². The molecular weight excluding hydrogens is 350 g/mol. The quantitative estimate of drug-likeness (QED) is 0.756. The molecule has 0 bridgehead atoms. The number of carbonyl (C=O) groups excluding carboxylic acids is 1. The third kappa shape index (κ3) is 4.45. The van der Waals surface area contributed by atoms with Gasteiger partial charge in [0.05, 0.1) is 10.9 Å². The Hall–Kier alpha value is -1.44. The molecule has 0 radical (unpaired) electrons. The van der Waals surface area contributed by atoms with Gasteiger partial charge in [-0.05, 0) is 37.0 Å². The van der Waals surface area contributed by atoms with Crippen molar-refractivity contribution in [2.75, 3.05) is 40.3 Å². The highest BCUT2D eigenvalue weighted by atomic mass is 32.2. The molecule has 0 N–H and O–H groups in total. The maximum Gasteiger partial charge on any atom is 0.243 e. The fourth-order valence-corrected chi connectivity index (χ4v) is 4.64. The van der Waals surface area contributed by atoms with E-state index in [0.29, 0.717) is 37.0 Å². The highest BCUT2D eigenvalue weighted by Crippen LogP contribution is 2.23. The van der Waals surface area contributed by atoms with Gasteiger partial charge in [0, 0.05) is 40.3 Å². The van der Waals surface area contributed by atoms with Crippen molar-refractivity contribution in [2.45, 2.75) is 44.0 Å². The Kier molecular flexibility index (Phi) is 6.82. The van der Waals surface area contributed by atoms with Gasteiger partial charge in [0.1, 0.15) is 0 Å². The molecule has 146 valence electrons. The molecule has 7 heteroatoms. The van der Waals surface area contributed by atoms with E-state index in [2.05, 4.69) is 13.8 Å². The van der Waals surface area contributed by atoms with Crippen LogP contribution in [0.5, 0.6) is 0 Å². The standard InChI is InChI=1S/C19H31N3O3S/c1-6-15(2)17-7-9-18(10-8-17)26(24,25)22-13-11-21(12-14-22)16(3)19(23)20(4)5/h7-10,15-16H,6,11-14H2,1-5H3/t15-,16+/m1/s1. The SMILES string of the molecule is CC[C@@H](C)c1ccc(S(=O)(=O)N2CCN([C@@H](C)C(=O)N(C)C)CC2)cc1. The second-order valence-electron chi connectivity index (χ2n) is 7.23. The van der Waals surface area contributed by atoms with E-state index < -0.39 is 10.0 Å². The zero-order chi connectivity index (χ0) is 19.5. The van der Waals surface area contributed by atoms with Gasteiger partial charge in [0.15, 0.2) is 0 Å². The Morgan fingerprint density at radius 2 is 1.62 bits per heavy atom. The second-order valence-corrected chi connectivity index (χ2v) is 9.16. The molecule has 1 aliphatic rings. The van der Waals surface area contributed by atoms with Crippen LogP contribution in [0, 0.1) is 0 Å². The number of benzene rings is 1. The van der Waals surface area contributed by atoms with Crippen molar-refractivity contribution in [1.29, 1.82) is 0 Å². The highest BCUT2D eigenvalue weighted by molar-refractivity contribution is 7.89. The lowest BCUT2D eigenvalue weighted by atomic mass is 9.99. The fourth-order valence-electron chi connectivity index (χ4n) is 3.21. The minimum absolute atomic E-state index is 0.0435. The predicted octanol–water partition coefficient (Wildman–Crippen LogP) is 1.98. The largest absolute Gasteiger partial charge is 0.347 e. The molecule has 1 aromatic carbocycles. The van der Waals surface area contributed by atoms with E-state index in [0.717, 1.165) is 12.0 Å². The van der Waals surface area contributed by atoms with Gasteiger partial charge in [-0.15, -0.1) is 0 Å². The number of rotatable bonds is 6. The summed E-state index contributed by atoms with van der Waals surface area (Å²) in [5.41, 5.74) is 1.16. The summed E-state index contributed by atoms with van der Waals surface area (Å²) in [5, 5.41) is 0. The van der Waals surface area contributed by atoms with Crippen LogP contribution < -0.4 is 0 Å². The lowest BCUT2D eigenvalue weighted by molar-refractivity contribution is -0.134. The number of piperazine rings is 1. The molecule has 6 nitrogen and oxygen atoms in total. The van der Waals surface area contributed by atoms with E-state index in [9.17, 15) is 13.2 Å². The molecule has 0 spiro atoms. The summed E-state index contributed by atoms with van der Waals surface area (Å²) in [6.45, 7) is 8.06. The lowest BCUT2D eigenvalue weighted by Crippen LogP contribution is -2.54. The number of nitrogens with zero attached hydrogens (tertiary/aromatic N) is 3. The minimum Gasteiger partial charge on any atom is -0.347 e. The number of hydrogen-bond donors (Lipinski definition) is 0. The van der Waals surface area contributed by atoms with Crippen LogP contribution in [0.3, 0.4) is 0 Å². The molecule has 1 heterocycles. The number of carbonyl (C=O) groups is 1. The summed E-state index contributed by atoms with van der Waals surface area (Å²) in [6, 6.07) is 7.01. The molecule has 2 atom stereocenters. The Labute approximate surface area is 157 Å². The Balaban J connectivity index is 2.04. The van der Waals surface area contributed by atoms with Crippen LogP contribution in [0.4, 0.5) is 0 Å². The number of amides is 1. The van der Waals surface area contributed by atoms with E-state index in [-0.39, 0.29) is 11.9 Å². The first kappa shape index (κ1) is 20.9. The van der Waals surface area contributed by atoms with Crippen LogP contribution >= 0.6 is 0 Å². The summed E-state index contributed by atoms with van der Waals surface area (Å²) in [5.74, 6) is 0.466. The molecule has 1 aliphatic heterocycles. The summed E-state index contributed by atoms with van der Waals surface area (Å²) in [7, 11) is -0.00822. The average molecular weight is 382 g/mol. The molecule has 1 fully saturated rings. The summed E-state index contributed by atoms with van der Waals surface area (Å²) >= 11 is 0. The normalized spacial score (nSPS) is 19.1. The van der Waals surface area contributed by atoms with Crippen LogP contribution in [-0.4, -0.2) is 74.7 Å². The third-order valence-corrected chi connectivity index (χ3v) is 7.23. The first-order valence-electron chi connectivity index (χ1n) is 9.23. The van der Waals surface area contributed by atoms with Crippen LogP contribution in [0.15, 0.2) is 29.2 Å². The maximum absolute atomic E-state index is 12.9. The van der Waals surface area contributed by atoms with Crippen molar-refractivity contribution >= 4 is 15.9 Å². The summed E-state index contributed by atoms with van der Waals surface area (Å²) in [4.78, 5) is 16.1. The van der Waals surface area contributed by atoms with Crippen molar-refractivity contribution in [3.63, 3.8) is 0 Å². The molecule has 0 aliphatic carbocycles. The van der Waals surface area contributed by atoms with Gasteiger partial charge in [-0.1, -0.05) is 26.0 Å².